The van der Waals surface area contributed by atoms with Crippen LogP contribution in [0.5, 0.6) is 0 Å². The molecular formula is C9H19Cl. The van der Waals surface area contributed by atoms with E-state index in [0.29, 0.717) is 5.38 Å². The predicted octanol–water partition coefficient (Wildman–Crippen LogP) is 3.97. The van der Waals surface area contributed by atoms with Crippen LogP contribution in [0.25, 0.3) is 0 Å². The number of rotatable bonds is 0. The average molecular weight is 163 g/mol. The van der Waals surface area contributed by atoms with Gasteiger partial charge in [-0.2, -0.15) is 0 Å². The molecular weight excluding hydrogens is 144 g/mol. The zero-order chi connectivity index (χ0) is 7.82. The highest BCUT2D eigenvalue weighted by molar-refractivity contribution is 6.20. The third kappa shape index (κ3) is 6.41. The molecule has 1 heteroatoms. The van der Waals surface area contributed by atoms with E-state index in [2.05, 4.69) is 13.8 Å². The van der Waals surface area contributed by atoms with Crippen LogP contribution in [0, 0.1) is 0 Å². The summed E-state index contributed by atoms with van der Waals surface area (Å²) in [6.07, 6.45) is 7.87. The van der Waals surface area contributed by atoms with Crippen molar-refractivity contribution < 1.29 is 0 Å². The number of hydrogen-bond acceptors (Lipinski definition) is 0. The maximum Gasteiger partial charge on any atom is 0.0336 e. The molecule has 0 radical (unpaired) electrons. The largest absolute Gasteiger partial charge is 0.123 e. The molecule has 1 aliphatic rings. The standard InChI is InChI=1S/C6H11Cl.C3H8/c7-6-4-2-1-3-5-6;1-3-2/h6H,1-5H2;3H2,1-2H3. The van der Waals surface area contributed by atoms with E-state index in [1.807, 2.05) is 0 Å². The number of halogens is 1. The molecule has 0 atom stereocenters. The molecule has 62 valence electrons. The van der Waals surface area contributed by atoms with Crippen LogP contribution >= 0.6 is 11.6 Å². The van der Waals surface area contributed by atoms with Gasteiger partial charge in [0.2, 0.25) is 0 Å². The second kappa shape index (κ2) is 7.40. The molecule has 0 nitrogen and oxygen atoms in total. The SMILES string of the molecule is CCC.ClC1CCCCC1. The minimum absolute atomic E-state index is 0.508. The highest BCUT2D eigenvalue weighted by Gasteiger charge is 2.08. The molecule has 0 heterocycles. The van der Waals surface area contributed by atoms with Crippen molar-refractivity contribution in [3.8, 4) is 0 Å². The van der Waals surface area contributed by atoms with Gasteiger partial charge in [-0.25, -0.2) is 0 Å². The van der Waals surface area contributed by atoms with Crippen molar-refractivity contribution in [3.63, 3.8) is 0 Å². The molecule has 0 bridgehead atoms. The van der Waals surface area contributed by atoms with Gasteiger partial charge in [-0.15, -0.1) is 11.6 Å². The Bertz CT molecular complexity index is 55.7. The van der Waals surface area contributed by atoms with Gasteiger partial charge in [0.1, 0.15) is 0 Å². The molecule has 1 rings (SSSR count). The summed E-state index contributed by atoms with van der Waals surface area (Å²) >= 11 is 5.82. The zero-order valence-electron chi connectivity index (χ0n) is 7.20. The summed E-state index contributed by atoms with van der Waals surface area (Å²) < 4.78 is 0. The minimum Gasteiger partial charge on any atom is -0.123 e. The summed E-state index contributed by atoms with van der Waals surface area (Å²) in [4.78, 5) is 0. The Morgan fingerprint density at radius 3 is 1.70 bits per heavy atom. The maximum atomic E-state index is 5.82. The summed E-state index contributed by atoms with van der Waals surface area (Å²) in [7, 11) is 0. The average Bonchev–Trinajstić information content (AvgIpc) is 1.91. The van der Waals surface area contributed by atoms with Gasteiger partial charge in [-0.3, -0.25) is 0 Å². The first-order valence-electron chi connectivity index (χ1n) is 4.45. The molecule has 10 heavy (non-hydrogen) atoms. The van der Waals surface area contributed by atoms with Gasteiger partial charge in [0.05, 0.1) is 0 Å². The summed E-state index contributed by atoms with van der Waals surface area (Å²) in [5.41, 5.74) is 0. The normalized spacial score (nSPS) is 19.5. The summed E-state index contributed by atoms with van der Waals surface area (Å²) in [6, 6.07) is 0. The van der Waals surface area contributed by atoms with Crippen LogP contribution in [0.4, 0.5) is 0 Å². The quantitative estimate of drug-likeness (QED) is 0.473. The fourth-order valence-corrected chi connectivity index (χ4v) is 1.36. The highest BCUT2D eigenvalue weighted by Crippen LogP contribution is 2.21. The molecule has 0 aliphatic heterocycles. The summed E-state index contributed by atoms with van der Waals surface area (Å²) in [6.45, 7) is 4.25. The van der Waals surface area contributed by atoms with E-state index in [9.17, 15) is 0 Å². The molecule has 0 aromatic rings. The van der Waals surface area contributed by atoms with Crippen molar-refractivity contribution in [1.29, 1.82) is 0 Å². The van der Waals surface area contributed by atoms with Crippen molar-refractivity contribution in [2.24, 2.45) is 0 Å². The third-order valence-corrected chi connectivity index (χ3v) is 1.97. The van der Waals surface area contributed by atoms with Gasteiger partial charge < -0.3 is 0 Å². The lowest BCUT2D eigenvalue weighted by Gasteiger charge is -2.13. The number of alkyl halides is 1. The fraction of sp³-hybridized carbons (Fsp3) is 1.00. The van der Waals surface area contributed by atoms with Crippen molar-refractivity contribution >= 4 is 11.6 Å². The van der Waals surface area contributed by atoms with E-state index >= 15 is 0 Å². The predicted molar refractivity (Wildman–Crippen MR) is 48.7 cm³/mol. The molecule has 0 unspecified atom stereocenters. The molecule has 0 N–H and O–H groups in total. The van der Waals surface area contributed by atoms with Crippen molar-refractivity contribution in [3.05, 3.63) is 0 Å². The first-order chi connectivity index (χ1) is 4.81. The van der Waals surface area contributed by atoms with E-state index in [4.69, 9.17) is 11.6 Å². The monoisotopic (exact) mass is 162 g/mol. The van der Waals surface area contributed by atoms with E-state index in [0.717, 1.165) is 0 Å². The van der Waals surface area contributed by atoms with Crippen LogP contribution in [-0.4, -0.2) is 5.38 Å². The molecule has 1 fully saturated rings. The zero-order valence-corrected chi connectivity index (χ0v) is 7.95. The molecule has 0 aromatic heterocycles. The van der Waals surface area contributed by atoms with Gasteiger partial charge >= 0.3 is 0 Å². The van der Waals surface area contributed by atoms with Crippen molar-refractivity contribution in [2.75, 3.05) is 0 Å². The lowest BCUT2D eigenvalue weighted by atomic mass is 10.0. The van der Waals surface area contributed by atoms with Gasteiger partial charge in [0.15, 0.2) is 0 Å². The van der Waals surface area contributed by atoms with Crippen LogP contribution < -0.4 is 0 Å². The lowest BCUT2D eigenvalue weighted by Crippen LogP contribution is -2.03. The number of hydrogen-bond donors (Lipinski definition) is 0. The smallest absolute Gasteiger partial charge is 0.0336 e. The first kappa shape index (κ1) is 10.3. The molecule has 0 spiro atoms. The molecule has 0 aromatic carbocycles. The Balaban J connectivity index is 0.000000236. The van der Waals surface area contributed by atoms with Gasteiger partial charge in [0, 0.05) is 5.38 Å². The van der Waals surface area contributed by atoms with E-state index in [-0.39, 0.29) is 0 Å². The van der Waals surface area contributed by atoms with Crippen LogP contribution in [0.2, 0.25) is 0 Å². The van der Waals surface area contributed by atoms with Crippen LogP contribution in [0.3, 0.4) is 0 Å². The Morgan fingerprint density at radius 2 is 1.50 bits per heavy atom. The maximum absolute atomic E-state index is 5.82. The topological polar surface area (TPSA) is 0 Å². The Morgan fingerprint density at radius 1 is 1.10 bits per heavy atom. The van der Waals surface area contributed by atoms with Gasteiger partial charge in [-0.05, 0) is 12.8 Å². The molecule has 1 saturated carbocycles. The van der Waals surface area contributed by atoms with E-state index in [1.165, 1.54) is 38.5 Å². The van der Waals surface area contributed by atoms with E-state index in [1.54, 1.807) is 0 Å². The van der Waals surface area contributed by atoms with Crippen molar-refractivity contribution in [2.45, 2.75) is 57.7 Å². The summed E-state index contributed by atoms with van der Waals surface area (Å²) in [5.74, 6) is 0. The lowest BCUT2D eigenvalue weighted by molar-refractivity contribution is 0.511. The van der Waals surface area contributed by atoms with Crippen LogP contribution in [0.1, 0.15) is 52.4 Å². The van der Waals surface area contributed by atoms with Gasteiger partial charge in [-0.1, -0.05) is 39.5 Å². The molecule has 0 amide bonds. The van der Waals surface area contributed by atoms with Gasteiger partial charge in [0.25, 0.3) is 0 Å². The third-order valence-electron chi connectivity index (χ3n) is 1.53. The second-order valence-electron chi connectivity index (χ2n) is 2.94. The molecule has 1 aliphatic carbocycles. The molecule has 0 saturated heterocycles. The van der Waals surface area contributed by atoms with Crippen LogP contribution in [-0.2, 0) is 0 Å². The minimum atomic E-state index is 0.508. The fourth-order valence-electron chi connectivity index (χ4n) is 1.05. The van der Waals surface area contributed by atoms with Crippen LogP contribution in [0.15, 0.2) is 0 Å². The van der Waals surface area contributed by atoms with E-state index < -0.39 is 0 Å². The van der Waals surface area contributed by atoms with Crippen molar-refractivity contribution in [1.82, 2.24) is 0 Å². The Hall–Kier alpha value is 0.290. The second-order valence-corrected chi connectivity index (χ2v) is 3.56. The highest BCUT2D eigenvalue weighted by atomic mass is 35.5. The summed E-state index contributed by atoms with van der Waals surface area (Å²) in [5, 5.41) is 0.508. The Kier molecular flexibility index (Phi) is 7.61. The Labute approximate surface area is 70.0 Å². The first-order valence-corrected chi connectivity index (χ1v) is 4.89.